The van der Waals surface area contributed by atoms with Gasteiger partial charge in [-0.25, -0.2) is 13.8 Å². The molecule has 6 atom stereocenters. The highest BCUT2D eigenvalue weighted by Gasteiger charge is 2.56. The van der Waals surface area contributed by atoms with Crippen molar-refractivity contribution in [2.75, 3.05) is 6.61 Å². The second-order valence-electron chi connectivity index (χ2n) is 11.1. The Balaban J connectivity index is 1.47. The summed E-state index contributed by atoms with van der Waals surface area (Å²) in [5.41, 5.74) is -2.49. The van der Waals surface area contributed by atoms with Crippen molar-refractivity contribution < 1.29 is 37.4 Å². The number of H-pyrrole nitrogens is 1. The Kier molecular flexibility index (Phi) is 8.58. The molecule has 1 aliphatic rings. The number of aliphatic hydroxyl groups is 1. The van der Waals surface area contributed by atoms with Crippen LogP contribution in [0.3, 0.4) is 0 Å². The molecule has 0 saturated carbocycles. The fraction of sp³-hybridized carbons (Fsp3) is 0.414. The van der Waals surface area contributed by atoms with Crippen molar-refractivity contribution in [3.05, 3.63) is 75.6 Å². The van der Waals surface area contributed by atoms with Crippen LogP contribution in [0.2, 0.25) is 0 Å². The Morgan fingerprint density at radius 3 is 2.57 bits per heavy atom. The number of carbonyl (C=O) groups excluding carboxylic acids is 1. The molecule has 1 saturated heterocycles. The summed E-state index contributed by atoms with van der Waals surface area (Å²) >= 11 is 0. The average Bonchev–Trinajstić information content (AvgIpc) is 3.37. The Morgan fingerprint density at radius 1 is 1.16 bits per heavy atom. The summed E-state index contributed by atoms with van der Waals surface area (Å²) in [6.45, 7) is 5.10. The predicted octanol–water partition coefficient (Wildman–Crippen LogP) is 3.30. The second-order valence-corrected chi connectivity index (χ2v) is 12.8. The third kappa shape index (κ3) is 5.95. The highest BCUT2D eigenvalue weighted by molar-refractivity contribution is 7.52. The van der Waals surface area contributed by atoms with E-state index in [1.165, 1.54) is 6.92 Å². The number of halogens is 1. The van der Waals surface area contributed by atoms with E-state index in [2.05, 4.69) is 5.09 Å². The van der Waals surface area contributed by atoms with Crippen LogP contribution in [0.15, 0.2) is 64.3 Å². The van der Waals surface area contributed by atoms with Gasteiger partial charge in [-0.2, -0.15) is 5.09 Å². The zero-order chi connectivity index (χ0) is 32.0. The van der Waals surface area contributed by atoms with Gasteiger partial charge in [0.2, 0.25) is 0 Å². The first-order chi connectivity index (χ1) is 20.7. The number of nitrogens with one attached hydrogen (secondary N) is 2. The summed E-state index contributed by atoms with van der Waals surface area (Å²) in [6.07, 6.45) is -4.33. The van der Waals surface area contributed by atoms with Crippen molar-refractivity contribution in [3.63, 3.8) is 0 Å². The summed E-state index contributed by atoms with van der Waals surface area (Å²) in [4.78, 5) is 38.5. The van der Waals surface area contributed by atoms with Crippen LogP contribution >= 0.6 is 7.75 Å². The molecule has 236 valence electrons. The normalized spacial score (nSPS) is 24.0. The van der Waals surface area contributed by atoms with Gasteiger partial charge in [0.15, 0.2) is 11.9 Å². The van der Waals surface area contributed by atoms with Crippen LogP contribution in [-0.4, -0.2) is 61.8 Å². The van der Waals surface area contributed by atoms with Gasteiger partial charge in [0.1, 0.15) is 24.0 Å². The number of benzene rings is 2. The van der Waals surface area contributed by atoms with Crippen LogP contribution < -0.4 is 20.9 Å². The lowest BCUT2D eigenvalue weighted by Gasteiger charge is -2.25. The van der Waals surface area contributed by atoms with E-state index in [0.29, 0.717) is 5.39 Å². The highest BCUT2D eigenvalue weighted by atomic mass is 31.2. The summed E-state index contributed by atoms with van der Waals surface area (Å²) in [5.74, 6) is -0.540. The molecule has 13 nitrogen and oxygen atoms in total. The maximum Gasteiger partial charge on any atom is 0.459 e. The number of para-hydroxylation sites is 1. The number of fused-ring (bicyclic) bond motifs is 3. The van der Waals surface area contributed by atoms with Crippen LogP contribution in [0.25, 0.3) is 21.8 Å². The van der Waals surface area contributed by atoms with Crippen LogP contribution in [0, 0.1) is 0 Å². The molecule has 0 radical (unpaired) electrons. The standard InChI is InChI=1S/C29H34FN4O9P/c1-16(2)41-26(37)17(3)32-44(39,43-21-12-8-11-20-24(21)18-9-6-7-10-19(18)33(20)5)40-15-22-25(36)29(4,30)27(42-22)34-14-13-23(35)31-28(34)38/h6-14,16-17,22,25,27,36H,15H2,1-5H3,(H,32,39)(H,31,35,38)/t17-,22+,25+,27+,29+,44?/m0/s1. The molecule has 2 aromatic heterocycles. The first-order valence-corrected chi connectivity index (χ1v) is 15.5. The van der Waals surface area contributed by atoms with E-state index < -0.39 is 67.8 Å². The molecule has 0 bridgehead atoms. The minimum absolute atomic E-state index is 0.181. The lowest BCUT2D eigenvalue weighted by Crippen LogP contribution is -2.43. The lowest BCUT2D eigenvalue weighted by atomic mass is 9.98. The summed E-state index contributed by atoms with van der Waals surface area (Å²) in [5, 5.41) is 14.9. The van der Waals surface area contributed by atoms with Crippen LogP contribution in [0.5, 0.6) is 5.75 Å². The summed E-state index contributed by atoms with van der Waals surface area (Å²) in [7, 11) is -2.61. The smallest absolute Gasteiger partial charge is 0.459 e. The zero-order valence-corrected chi connectivity index (χ0v) is 25.6. The van der Waals surface area contributed by atoms with Crippen LogP contribution in [-0.2, 0) is 30.4 Å². The number of rotatable bonds is 10. The number of aromatic nitrogens is 3. The number of esters is 1. The van der Waals surface area contributed by atoms with E-state index in [1.54, 1.807) is 26.0 Å². The van der Waals surface area contributed by atoms with Gasteiger partial charge < -0.3 is 23.7 Å². The van der Waals surface area contributed by atoms with Crippen LogP contribution in [0.1, 0.15) is 33.9 Å². The predicted molar refractivity (Wildman–Crippen MR) is 159 cm³/mol. The molecule has 1 fully saturated rings. The minimum atomic E-state index is -4.49. The molecule has 0 amide bonds. The molecular formula is C29H34FN4O9P. The zero-order valence-electron chi connectivity index (χ0n) is 24.7. The molecule has 0 spiro atoms. The van der Waals surface area contributed by atoms with Gasteiger partial charge in [-0.15, -0.1) is 0 Å². The van der Waals surface area contributed by atoms with E-state index in [1.807, 2.05) is 46.9 Å². The number of aromatic amines is 1. The molecular weight excluding hydrogens is 598 g/mol. The maximum atomic E-state index is 15.8. The van der Waals surface area contributed by atoms with Gasteiger partial charge in [0.25, 0.3) is 5.56 Å². The van der Waals surface area contributed by atoms with E-state index in [4.69, 9.17) is 18.5 Å². The van der Waals surface area contributed by atoms with Crippen molar-refractivity contribution in [2.24, 2.45) is 7.05 Å². The maximum absolute atomic E-state index is 15.8. The fourth-order valence-corrected chi connectivity index (χ4v) is 6.74. The van der Waals surface area contributed by atoms with Crippen molar-refractivity contribution >= 4 is 35.5 Å². The molecule has 1 unspecified atom stereocenters. The quantitative estimate of drug-likeness (QED) is 0.175. The molecule has 3 heterocycles. The van der Waals surface area contributed by atoms with Crippen molar-refractivity contribution in [2.45, 2.75) is 63.9 Å². The molecule has 0 aliphatic carbocycles. The lowest BCUT2D eigenvalue weighted by molar-refractivity contribution is -0.149. The molecule has 5 rings (SSSR count). The number of hydrogen-bond acceptors (Lipinski definition) is 9. The van der Waals surface area contributed by atoms with Crippen molar-refractivity contribution in [3.8, 4) is 5.75 Å². The molecule has 15 heteroatoms. The van der Waals surface area contributed by atoms with Crippen LogP contribution in [0.4, 0.5) is 4.39 Å². The molecule has 44 heavy (non-hydrogen) atoms. The topological polar surface area (TPSA) is 163 Å². The molecule has 3 N–H and O–H groups in total. The number of ether oxygens (including phenoxy) is 2. The molecule has 4 aromatic rings. The minimum Gasteiger partial charge on any atom is -0.462 e. The number of aliphatic hydroxyl groups excluding tert-OH is 1. The summed E-state index contributed by atoms with van der Waals surface area (Å²) < 4.78 is 55.5. The first-order valence-electron chi connectivity index (χ1n) is 13.9. The van der Waals surface area contributed by atoms with Gasteiger partial charge >= 0.3 is 19.4 Å². The van der Waals surface area contributed by atoms with E-state index in [-0.39, 0.29) is 5.75 Å². The van der Waals surface area contributed by atoms with Gasteiger partial charge in [-0.05, 0) is 45.9 Å². The average molecular weight is 633 g/mol. The van der Waals surface area contributed by atoms with E-state index in [9.17, 15) is 24.1 Å². The number of hydrogen-bond donors (Lipinski definition) is 3. The Bertz CT molecular complexity index is 1870. The second kappa shape index (κ2) is 11.9. The number of aryl methyl sites for hydroxylation is 1. The SMILES string of the molecule is CC(C)OC(=O)[C@H](C)NP(=O)(OC[C@H]1O[C@@H](n2ccc(=O)[nH]c2=O)[C@](C)(F)[C@@H]1O)Oc1cccc2c1c1ccccc1n2C. The fourth-order valence-electron chi connectivity index (χ4n) is 5.23. The van der Waals surface area contributed by atoms with Gasteiger partial charge in [-0.1, -0.05) is 24.3 Å². The number of nitrogens with zero attached hydrogens (tertiary/aromatic N) is 2. The largest absolute Gasteiger partial charge is 0.462 e. The molecule has 2 aromatic carbocycles. The van der Waals surface area contributed by atoms with Crippen molar-refractivity contribution in [1.29, 1.82) is 0 Å². The van der Waals surface area contributed by atoms with Gasteiger partial charge in [-0.3, -0.25) is 23.7 Å². The van der Waals surface area contributed by atoms with E-state index >= 15 is 4.39 Å². The van der Waals surface area contributed by atoms with Gasteiger partial charge in [0.05, 0.1) is 23.6 Å². The highest BCUT2D eigenvalue weighted by Crippen LogP contribution is 2.50. The van der Waals surface area contributed by atoms with E-state index in [0.717, 1.165) is 40.2 Å². The Labute approximate surface area is 251 Å². The number of carbonyl (C=O) groups is 1. The summed E-state index contributed by atoms with van der Waals surface area (Å²) in [6, 6.07) is 12.6. The third-order valence-corrected chi connectivity index (χ3v) is 9.04. The molecule has 1 aliphatic heterocycles. The Morgan fingerprint density at radius 2 is 1.86 bits per heavy atom. The monoisotopic (exact) mass is 632 g/mol. The van der Waals surface area contributed by atoms with Crippen molar-refractivity contribution in [1.82, 2.24) is 19.2 Å². The van der Waals surface area contributed by atoms with Gasteiger partial charge in [0, 0.05) is 30.2 Å². The first kappa shape index (κ1) is 31.6. The number of alkyl halides is 1. The third-order valence-electron chi connectivity index (χ3n) is 7.41. The Hall–Kier alpha value is -3.81.